The topological polar surface area (TPSA) is 64.0 Å². The average molecular weight is 753 g/mol. The molecule has 4 aliphatic rings. The molecule has 8 heteroatoms. The molecule has 1 aliphatic heterocycles. The molecule has 3 aliphatic carbocycles. The number of nitrogens with zero attached hydrogens (tertiary/aromatic N) is 2. The Morgan fingerprint density at radius 3 is 2.33 bits per heavy atom. The van der Waals surface area contributed by atoms with Crippen molar-refractivity contribution in [3.05, 3.63) is 153 Å². The summed E-state index contributed by atoms with van der Waals surface area (Å²) in [4.78, 5) is 19.1. The molecule has 2 bridgehead atoms. The maximum absolute atomic E-state index is 14.4. The number of piperazine rings is 1. The minimum Gasteiger partial charge on any atom is -0.393 e. The highest BCUT2D eigenvalue weighted by atomic mass is 35.5. The summed E-state index contributed by atoms with van der Waals surface area (Å²) in [7, 11) is 0. The van der Waals surface area contributed by atoms with Crippen LogP contribution >= 0.6 is 11.6 Å². The zero-order valence-electron chi connectivity index (χ0n) is 31.3. The summed E-state index contributed by atoms with van der Waals surface area (Å²) >= 11 is 6.27. The summed E-state index contributed by atoms with van der Waals surface area (Å²) in [6.45, 7) is 8.08. The number of fused-ring (bicyclic) bond motifs is 8. The minimum atomic E-state index is -1.07. The van der Waals surface area contributed by atoms with E-state index < -0.39 is 28.8 Å². The number of benzene rings is 4. The monoisotopic (exact) mass is 752 g/mol. The lowest BCUT2D eigenvalue weighted by molar-refractivity contribution is -0.0894. The van der Waals surface area contributed by atoms with Crippen LogP contribution < -0.4 is 0 Å². The van der Waals surface area contributed by atoms with Gasteiger partial charge in [0.05, 0.1) is 17.7 Å². The summed E-state index contributed by atoms with van der Waals surface area (Å²) in [5.74, 6) is -2.61. The number of ketones is 1. The van der Waals surface area contributed by atoms with Crippen molar-refractivity contribution < 1.29 is 23.8 Å². The van der Waals surface area contributed by atoms with Crippen molar-refractivity contribution in [2.75, 3.05) is 32.7 Å². The van der Waals surface area contributed by atoms with Gasteiger partial charge in [0.25, 0.3) is 0 Å². The average Bonchev–Trinajstić information content (AvgIpc) is 3.42. The number of aliphatic hydroxyl groups excluding tert-OH is 1. The van der Waals surface area contributed by atoms with Gasteiger partial charge in [-0.25, -0.2) is 8.78 Å². The SMILES string of the molecule is CC1=CCCC2(C)C(CCC2(O)CN2CCN(C(c3ccccc3)c3ccc(Cl)cc3)CC2)c2ccc(cc2C(=O)c2ccc(F)c(F)c2)CC(O)CC1. The molecule has 5 nitrogen and oxygen atoms in total. The number of hydrogen-bond donors (Lipinski definition) is 2. The number of aliphatic hydroxyl groups is 2. The second kappa shape index (κ2) is 16.2. The van der Waals surface area contributed by atoms with Crippen LogP contribution in [-0.2, 0) is 6.42 Å². The number of halogens is 3. The Bertz CT molecular complexity index is 1980. The van der Waals surface area contributed by atoms with Crippen molar-refractivity contribution in [2.24, 2.45) is 5.41 Å². The summed E-state index contributed by atoms with van der Waals surface area (Å²) < 4.78 is 28.4. The minimum absolute atomic E-state index is 0.0766. The molecule has 1 saturated carbocycles. The lowest BCUT2D eigenvalue weighted by Crippen LogP contribution is -2.56. The molecular weight excluding hydrogens is 702 g/mol. The molecule has 2 fully saturated rings. The maximum Gasteiger partial charge on any atom is 0.193 e. The Balaban J connectivity index is 1.18. The smallest absolute Gasteiger partial charge is 0.193 e. The molecule has 54 heavy (non-hydrogen) atoms. The van der Waals surface area contributed by atoms with Gasteiger partial charge >= 0.3 is 0 Å². The first-order valence-corrected chi connectivity index (χ1v) is 19.8. The quantitative estimate of drug-likeness (QED) is 0.146. The highest BCUT2D eigenvalue weighted by Gasteiger charge is 2.57. The third-order valence-corrected chi connectivity index (χ3v) is 12.9. The van der Waals surface area contributed by atoms with Gasteiger partial charge in [-0.2, -0.15) is 0 Å². The van der Waals surface area contributed by atoms with E-state index in [4.69, 9.17) is 11.6 Å². The molecule has 1 saturated heterocycles. The largest absolute Gasteiger partial charge is 0.393 e. The third kappa shape index (κ3) is 7.98. The number of β-amino-alcohol motifs (C(OH)–C–C–N with tert-alkyl or cyclic N) is 1. The van der Waals surface area contributed by atoms with Crippen LogP contribution in [0.5, 0.6) is 0 Å². The molecule has 2 N–H and O–H groups in total. The summed E-state index contributed by atoms with van der Waals surface area (Å²) in [5, 5.41) is 24.6. The van der Waals surface area contributed by atoms with Gasteiger partial charge in [0.15, 0.2) is 17.4 Å². The highest BCUT2D eigenvalue weighted by molar-refractivity contribution is 6.30. The standard InChI is InChI=1S/C46H51ClF2N2O3/c1-31-7-6-21-45(2)40(38-18-11-32(27-37(52)17-10-31)28-39(38)44(53)35-14-19-41(48)42(49)29-35)20-22-46(45,54)30-50-23-25-51(26-24-50)43(33-8-4-3-5-9-33)34-12-15-36(47)16-13-34/h3-5,7-9,11-16,18-19,28-29,37,40,43,52,54H,6,10,17,20-27,30H2,1-2H3. The number of hydrogen-bond acceptors (Lipinski definition) is 5. The molecule has 5 atom stereocenters. The van der Waals surface area contributed by atoms with E-state index in [0.29, 0.717) is 49.2 Å². The fourth-order valence-corrected chi connectivity index (χ4v) is 9.56. The van der Waals surface area contributed by atoms with E-state index in [0.717, 1.165) is 62.3 Å². The fraction of sp³-hybridized carbons (Fsp3) is 0.413. The van der Waals surface area contributed by atoms with Crippen LogP contribution in [0, 0.1) is 17.0 Å². The van der Waals surface area contributed by atoms with Gasteiger partial charge in [0.1, 0.15) is 0 Å². The Kier molecular flexibility index (Phi) is 11.5. The third-order valence-electron chi connectivity index (χ3n) is 12.7. The lowest BCUT2D eigenvalue weighted by Gasteiger charge is -2.48. The molecule has 8 rings (SSSR count). The summed E-state index contributed by atoms with van der Waals surface area (Å²) in [6, 6.07) is 27.9. The molecule has 5 unspecified atom stereocenters. The molecular formula is C46H51ClF2N2O3. The first-order valence-electron chi connectivity index (χ1n) is 19.4. The van der Waals surface area contributed by atoms with Crippen LogP contribution in [0.1, 0.15) is 103 Å². The zero-order chi connectivity index (χ0) is 38.0. The van der Waals surface area contributed by atoms with E-state index in [2.05, 4.69) is 66.1 Å². The van der Waals surface area contributed by atoms with E-state index in [1.54, 1.807) is 0 Å². The van der Waals surface area contributed by atoms with Gasteiger partial charge in [0.2, 0.25) is 0 Å². The second-order valence-electron chi connectivity index (χ2n) is 16.1. The Labute approximate surface area is 323 Å². The van der Waals surface area contributed by atoms with Crippen molar-refractivity contribution >= 4 is 17.4 Å². The van der Waals surface area contributed by atoms with E-state index in [1.807, 2.05) is 36.4 Å². The van der Waals surface area contributed by atoms with Gasteiger partial charge in [-0.05, 0) is 116 Å². The zero-order valence-corrected chi connectivity index (χ0v) is 32.0. The molecule has 0 radical (unpaired) electrons. The van der Waals surface area contributed by atoms with Crippen LogP contribution in [0.2, 0.25) is 5.02 Å². The predicted octanol–water partition coefficient (Wildman–Crippen LogP) is 9.29. The number of carbonyl (C=O) groups excluding carboxylic acids is 1. The first-order chi connectivity index (χ1) is 25.9. The van der Waals surface area contributed by atoms with Gasteiger partial charge in [0, 0.05) is 54.3 Å². The number of allylic oxidation sites excluding steroid dienone is 2. The Morgan fingerprint density at radius 2 is 1.61 bits per heavy atom. The van der Waals surface area contributed by atoms with E-state index in [1.165, 1.54) is 22.8 Å². The van der Waals surface area contributed by atoms with Crippen LogP contribution in [0.4, 0.5) is 8.78 Å². The van der Waals surface area contributed by atoms with Gasteiger partial charge in [-0.3, -0.25) is 14.6 Å². The number of rotatable bonds is 7. The van der Waals surface area contributed by atoms with Gasteiger partial charge in [-0.1, -0.05) is 84.8 Å². The molecule has 1 heterocycles. The van der Waals surface area contributed by atoms with Crippen LogP contribution in [0.25, 0.3) is 0 Å². The van der Waals surface area contributed by atoms with Gasteiger partial charge in [-0.15, -0.1) is 0 Å². The van der Waals surface area contributed by atoms with Crippen LogP contribution in [0.15, 0.2) is 103 Å². The molecule has 4 aromatic rings. The molecule has 0 amide bonds. The van der Waals surface area contributed by atoms with Crippen molar-refractivity contribution in [1.29, 1.82) is 0 Å². The van der Waals surface area contributed by atoms with Gasteiger partial charge < -0.3 is 10.2 Å². The Hall–Kier alpha value is -3.72. The van der Waals surface area contributed by atoms with E-state index >= 15 is 0 Å². The second-order valence-corrected chi connectivity index (χ2v) is 16.5. The normalized spacial score (nSPS) is 26.2. The van der Waals surface area contributed by atoms with Crippen LogP contribution in [-0.4, -0.2) is 70.2 Å². The first kappa shape index (κ1) is 38.6. The Morgan fingerprint density at radius 1 is 0.889 bits per heavy atom. The van der Waals surface area contributed by atoms with Crippen molar-refractivity contribution in [3.8, 4) is 0 Å². The number of carbonyl (C=O) groups is 1. The highest BCUT2D eigenvalue weighted by Crippen LogP contribution is 2.59. The predicted molar refractivity (Wildman–Crippen MR) is 211 cm³/mol. The van der Waals surface area contributed by atoms with Crippen molar-refractivity contribution in [2.45, 2.75) is 82.5 Å². The lowest BCUT2D eigenvalue weighted by atomic mass is 9.64. The molecule has 4 aromatic carbocycles. The summed E-state index contributed by atoms with van der Waals surface area (Å²) in [5.41, 5.74) is 4.16. The van der Waals surface area contributed by atoms with E-state index in [9.17, 15) is 23.8 Å². The maximum atomic E-state index is 14.4. The van der Waals surface area contributed by atoms with E-state index in [-0.39, 0.29) is 23.3 Å². The molecule has 0 spiro atoms. The van der Waals surface area contributed by atoms with Crippen LogP contribution in [0.3, 0.4) is 0 Å². The van der Waals surface area contributed by atoms with Crippen molar-refractivity contribution in [1.82, 2.24) is 9.80 Å². The summed E-state index contributed by atoms with van der Waals surface area (Å²) in [6.07, 6.45) is 6.13. The molecule has 284 valence electrons. The van der Waals surface area contributed by atoms with Crippen molar-refractivity contribution in [3.63, 3.8) is 0 Å². The fourth-order valence-electron chi connectivity index (χ4n) is 9.43. The molecule has 0 aromatic heterocycles.